The van der Waals surface area contributed by atoms with Crippen molar-refractivity contribution in [3.05, 3.63) is 41.5 Å². The molecule has 0 atom stereocenters. The fourth-order valence-corrected chi connectivity index (χ4v) is 1.40. The minimum atomic E-state index is 0.690. The van der Waals surface area contributed by atoms with Crippen molar-refractivity contribution in [2.45, 2.75) is 19.9 Å². The molecule has 0 aliphatic carbocycles. The number of nitrogens with one attached hydrogen (secondary N) is 1. The summed E-state index contributed by atoms with van der Waals surface area (Å²) >= 11 is 0. The molecule has 0 fully saturated rings. The van der Waals surface area contributed by atoms with Crippen LogP contribution in [0.1, 0.15) is 17.0 Å². The zero-order chi connectivity index (χ0) is 11.2. The van der Waals surface area contributed by atoms with Crippen molar-refractivity contribution in [3.63, 3.8) is 0 Å². The van der Waals surface area contributed by atoms with Crippen molar-refractivity contribution in [3.8, 4) is 0 Å². The number of hydrogen-bond acceptors (Lipinski definition) is 5. The molecule has 1 N–H and O–H groups in total. The first-order valence-corrected chi connectivity index (χ1v) is 5.24. The molecule has 0 amide bonds. The van der Waals surface area contributed by atoms with Gasteiger partial charge in [-0.1, -0.05) is 16.4 Å². The predicted octanol–water partition coefficient (Wildman–Crippen LogP) is 1.11. The Balaban J connectivity index is 1.72. The van der Waals surface area contributed by atoms with E-state index < -0.39 is 0 Å². The first kappa shape index (κ1) is 10.8. The molecular weight excluding hydrogens is 204 g/mol. The van der Waals surface area contributed by atoms with Crippen molar-refractivity contribution in [1.29, 1.82) is 0 Å². The molecule has 0 bridgehead atoms. The summed E-state index contributed by atoms with van der Waals surface area (Å²) < 4.78 is 4.61. The number of rotatable bonds is 5. The van der Waals surface area contributed by atoms with Crippen LogP contribution in [0, 0.1) is 6.92 Å². The molecule has 2 rings (SSSR count). The van der Waals surface area contributed by atoms with Crippen LogP contribution < -0.4 is 5.32 Å². The maximum Gasteiger partial charge on any atom is 0.121 e. The van der Waals surface area contributed by atoms with Crippen LogP contribution in [0.3, 0.4) is 0 Å². The highest BCUT2D eigenvalue weighted by atomic mass is 16.6. The van der Waals surface area contributed by atoms with Crippen molar-refractivity contribution >= 4 is 0 Å². The summed E-state index contributed by atoms with van der Waals surface area (Å²) in [5.41, 5.74) is 2.94. The highest BCUT2D eigenvalue weighted by molar-refractivity contribution is 5.09. The Morgan fingerprint density at radius 1 is 1.38 bits per heavy atom. The number of hydrogen-bond donors (Lipinski definition) is 1. The van der Waals surface area contributed by atoms with Gasteiger partial charge in [-0.05, 0) is 31.5 Å². The molecule has 2 aromatic heterocycles. The number of nitrogens with zero attached hydrogens (tertiary/aromatic N) is 3. The minimum absolute atomic E-state index is 0.690. The van der Waals surface area contributed by atoms with Crippen molar-refractivity contribution in [2.24, 2.45) is 0 Å². The van der Waals surface area contributed by atoms with Crippen LogP contribution in [-0.4, -0.2) is 21.8 Å². The molecule has 0 spiro atoms. The van der Waals surface area contributed by atoms with Crippen LogP contribution >= 0.6 is 0 Å². The number of aromatic nitrogens is 3. The van der Waals surface area contributed by atoms with E-state index in [0.717, 1.165) is 24.4 Å². The van der Waals surface area contributed by atoms with Crippen LogP contribution in [0.2, 0.25) is 0 Å². The molecule has 2 aromatic rings. The molecule has 5 nitrogen and oxygen atoms in total. The fourth-order valence-electron chi connectivity index (χ4n) is 1.40. The van der Waals surface area contributed by atoms with Crippen molar-refractivity contribution < 1.29 is 4.63 Å². The summed E-state index contributed by atoms with van der Waals surface area (Å²) in [7, 11) is 0. The molecule has 84 valence electrons. The van der Waals surface area contributed by atoms with Gasteiger partial charge in [-0.25, -0.2) is 4.63 Å². The Morgan fingerprint density at radius 3 is 3.00 bits per heavy atom. The third kappa shape index (κ3) is 2.87. The summed E-state index contributed by atoms with van der Waals surface area (Å²) in [6.07, 6.45) is 4.62. The second kappa shape index (κ2) is 5.37. The second-order valence-corrected chi connectivity index (χ2v) is 3.58. The van der Waals surface area contributed by atoms with E-state index in [1.807, 2.05) is 19.2 Å². The van der Waals surface area contributed by atoms with Crippen LogP contribution in [0.5, 0.6) is 0 Å². The van der Waals surface area contributed by atoms with Crippen LogP contribution in [0.4, 0.5) is 0 Å². The zero-order valence-electron chi connectivity index (χ0n) is 9.18. The molecule has 0 saturated carbocycles. The molecule has 0 aliphatic heterocycles. The van der Waals surface area contributed by atoms with Gasteiger partial charge in [0.2, 0.25) is 0 Å². The lowest BCUT2D eigenvalue weighted by molar-refractivity contribution is 0.300. The predicted molar refractivity (Wildman–Crippen MR) is 58.7 cm³/mol. The molecule has 5 heteroatoms. The molecule has 0 aliphatic rings. The van der Waals surface area contributed by atoms with E-state index in [0.29, 0.717) is 6.54 Å². The average Bonchev–Trinajstić information content (AvgIpc) is 2.72. The summed E-state index contributed by atoms with van der Waals surface area (Å²) in [5, 5.41) is 10.8. The topological polar surface area (TPSA) is 63.8 Å². The van der Waals surface area contributed by atoms with E-state index in [1.54, 1.807) is 6.20 Å². The highest BCUT2D eigenvalue weighted by Gasteiger charge is 2.03. The van der Waals surface area contributed by atoms with Gasteiger partial charge in [0.25, 0.3) is 0 Å². The molecule has 0 unspecified atom stereocenters. The summed E-state index contributed by atoms with van der Waals surface area (Å²) in [6.45, 7) is 3.46. The Hall–Kier alpha value is -1.75. The van der Waals surface area contributed by atoms with E-state index in [-0.39, 0.29) is 0 Å². The Kier molecular flexibility index (Phi) is 3.61. The van der Waals surface area contributed by atoms with Gasteiger partial charge in [-0.2, -0.15) is 0 Å². The van der Waals surface area contributed by atoms with Gasteiger partial charge in [-0.15, -0.1) is 0 Å². The lowest BCUT2D eigenvalue weighted by Gasteiger charge is -2.02. The van der Waals surface area contributed by atoms with E-state index in [9.17, 15) is 0 Å². The van der Waals surface area contributed by atoms with Gasteiger partial charge in [0.1, 0.15) is 11.4 Å². The van der Waals surface area contributed by atoms with Gasteiger partial charge in [0.15, 0.2) is 0 Å². The maximum atomic E-state index is 4.61. The first-order chi connectivity index (χ1) is 7.86. The Morgan fingerprint density at radius 2 is 2.31 bits per heavy atom. The second-order valence-electron chi connectivity index (χ2n) is 3.58. The largest absolute Gasteiger partial charge is 0.311 e. The lowest BCUT2D eigenvalue weighted by atomic mass is 10.2. The summed E-state index contributed by atoms with van der Waals surface area (Å²) in [5.74, 6) is 0. The van der Waals surface area contributed by atoms with Crippen molar-refractivity contribution in [2.75, 3.05) is 6.54 Å². The van der Waals surface area contributed by atoms with Gasteiger partial charge in [-0.3, -0.25) is 4.98 Å². The average molecular weight is 218 g/mol. The van der Waals surface area contributed by atoms with E-state index in [4.69, 9.17) is 0 Å². The van der Waals surface area contributed by atoms with Crippen LogP contribution in [0.25, 0.3) is 0 Å². The lowest BCUT2D eigenvalue weighted by Crippen LogP contribution is -2.17. The maximum absolute atomic E-state index is 4.61. The van der Waals surface area contributed by atoms with Gasteiger partial charge in [0, 0.05) is 18.9 Å². The van der Waals surface area contributed by atoms with Gasteiger partial charge < -0.3 is 5.32 Å². The summed E-state index contributed by atoms with van der Waals surface area (Å²) in [4.78, 5) is 4.06. The van der Waals surface area contributed by atoms with Crippen LogP contribution in [0.15, 0.2) is 29.2 Å². The Bertz CT molecular complexity index is 427. The SMILES string of the molecule is Cc1nonc1CNCCc1cccnc1. The highest BCUT2D eigenvalue weighted by Crippen LogP contribution is 2.00. The van der Waals surface area contributed by atoms with Gasteiger partial charge in [0.05, 0.1) is 0 Å². The fraction of sp³-hybridized carbons (Fsp3) is 0.364. The molecular formula is C11H14N4O. The minimum Gasteiger partial charge on any atom is -0.311 e. The van der Waals surface area contributed by atoms with E-state index in [2.05, 4.69) is 31.3 Å². The smallest absolute Gasteiger partial charge is 0.121 e. The monoisotopic (exact) mass is 218 g/mol. The standard InChI is InChI=1S/C11H14N4O/c1-9-11(15-16-14-9)8-13-6-4-10-3-2-5-12-7-10/h2-3,5,7,13H,4,6,8H2,1H3. The molecule has 16 heavy (non-hydrogen) atoms. The molecule has 0 aromatic carbocycles. The first-order valence-electron chi connectivity index (χ1n) is 5.24. The van der Waals surface area contributed by atoms with E-state index >= 15 is 0 Å². The Labute approximate surface area is 93.9 Å². The number of aryl methyl sites for hydroxylation is 1. The zero-order valence-corrected chi connectivity index (χ0v) is 9.18. The normalized spacial score (nSPS) is 10.6. The number of pyridine rings is 1. The van der Waals surface area contributed by atoms with Crippen LogP contribution in [-0.2, 0) is 13.0 Å². The quantitative estimate of drug-likeness (QED) is 0.761. The molecule has 0 radical (unpaired) electrons. The van der Waals surface area contributed by atoms with E-state index in [1.165, 1.54) is 5.56 Å². The third-order valence-corrected chi connectivity index (χ3v) is 2.35. The van der Waals surface area contributed by atoms with Crippen molar-refractivity contribution in [1.82, 2.24) is 20.6 Å². The molecule has 2 heterocycles. The summed E-state index contributed by atoms with van der Waals surface area (Å²) in [6, 6.07) is 4.01. The molecule has 0 saturated heterocycles. The third-order valence-electron chi connectivity index (χ3n) is 2.35. The van der Waals surface area contributed by atoms with Gasteiger partial charge >= 0.3 is 0 Å².